The van der Waals surface area contributed by atoms with Crippen LogP contribution < -0.4 is 10.6 Å². The monoisotopic (exact) mass is 268 g/mol. The van der Waals surface area contributed by atoms with Gasteiger partial charge in [0.2, 0.25) is 0 Å². The molecule has 19 heavy (non-hydrogen) atoms. The average Bonchev–Trinajstić information content (AvgIpc) is 2.81. The normalized spacial score (nSPS) is 18.9. The molecule has 0 radical (unpaired) electrons. The lowest BCUT2D eigenvalue weighted by Gasteiger charge is -2.36. The number of nitrogens with one attached hydrogen (secondary N) is 3. The van der Waals surface area contributed by atoms with Gasteiger partial charge >= 0.3 is 6.09 Å². The van der Waals surface area contributed by atoms with Crippen molar-refractivity contribution >= 4 is 6.09 Å². The van der Waals surface area contributed by atoms with Gasteiger partial charge < -0.3 is 15.4 Å². The van der Waals surface area contributed by atoms with Crippen molar-refractivity contribution in [1.82, 2.24) is 31.3 Å². The Morgan fingerprint density at radius 1 is 1.37 bits per heavy atom. The number of tetrazole rings is 1. The number of alkyl carbamates (subject to hydrolysis) is 1. The Kier molecular flexibility index (Phi) is 3.70. The molecule has 1 saturated heterocycles. The van der Waals surface area contributed by atoms with Crippen molar-refractivity contribution in [3.8, 4) is 0 Å². The molecule has 0 spiro atoms. The van der Waals surface area contributed by atoms with Gasteiger partial charge in [-0.25, -0.2) is 4.79 Å². The average molecular weight is 268 g/mol. The van der Waals surface area contributed by atoms with E-state index in [1.165, 1.54) is 0 Å². The second kappa shape index (κ2) is 5.12. The molecule has 1 fully saturated rings. The van der Waals surface area contributed by atoms with Gasteiger partial charge in [-0.3, -0.25) is 0 Å². The maximum Gasteiger partial charge on any atom is 0.408 e. The Hall–Kier alpha value is -1.70. The van der Waals surface area contributed by atoms with Gasteiger partial charge in [-0.1, -0.05) is 5.21 Å². The molecule has 2 heterocycles. The van der Waals surface area contributed by atoms with E-state index in [2.05, 4.69) is 31.3 Å². The van der Waals surface area contributed by atoms with Crippen molar-refractivity contribution in [3.05, 3.63) is 5.82 Å². The van der Waals surface area contributed by atoms with Crippen molar-refractivity contribution < 1.29 is 9.53 Å². The van der Waals surface area contributed by atoms with E-state index in [1.807, 2.05) is 20.8 Å². The maximum atomic E-state index is 12.0. The first-order valence-electron chi connectivity index (χ1n) is 6.37. The van der Waals surface area contributed by atoms with E-state index < -0.39 is 17.2 Å². The van der Waals surface area contributed by atoms with Crippen LogP contribution in [0.25, 0.3) is 0 Å². The highest BCUT2D eigenvalue weighted by Gasteiger charge is 2.40. The van der Waals surface area contributed by atoms with Crippen LogP contribution in [0, 0.1) is 0 Å². The largest absolute Gasteiger partial charge is 0.444 e. The number of aromatic nitrogens is 4. The Labute approximate surface area is 111 Å². The van der Waals surface area contributed by atoms with Gasteiger partial charge in [0.05, 0.1) is 0 Å². The van der Waals surface area contributed by atoms with Gasteiger partial charge in [-0.15, -0.1) is 10.2 Å². The Morgan fingerprint density at radius 3 is 2.58 bits per heavy atom. The first-order valence-corrected chi connectivity index (χ1v) is 6.37. The molecule has 0 aliphatic carbocycles. The second-order valence-corrected chi connectivity index (χ2v) is 5.69. The van der Waals surface area contributed by atoms with Crippen LogP contribution in [0.5, 0.6) is 0 Å². The summed E-state index contributed by atoms with van der Waals surface area (Å²) in [5, 5.41) is 20.2. The number of rotatable bonds is 2. The van der Waals surface area contributed by atoms with E-state index in [-0.39, 0.29) is 0 Å². The standard InChI is InChI=1S/C11H20N6O2/c1-10(2,3)19-9(18)13-11(4-6-12-7-5-11)8-14-16-17-15-8/h12H,4-7H2,1-3H3,(H,13,18)(H,14,15,16,17). The fourth-order valence-electron chi connectivity index (χ4n) is 2.12. The SMILES string of the molecule is CC(C)(C)OC(=O)NC1(c2nn[nH]n2)CCNCC1. The molecule has 8 heteroatoms. The third-order valence-corrected chi connectivity index (χ3v) is 2.97. The lowest BCUT2D eigenvalue weighted by molar-refractivity contribution is 0.0418. The Balaban J connectivity index is 2.13. The fourth-order valence-corrected chi connectivity index (χ4v) is 2.12. The molecule has 0 aromatic carbocycles. The van der Waals surface area contributed by atoms with Crippen LogP contribution in [0.1, 0.15) is 39.4 Å². The molecule has 0 saturated carbocycles. The number of nitrogens with zero attached hydrogens (tertiary/aromatic N) is 3. The number of carbonyl (C=O) groups is 1. The molecule has 0 unspecified atom stereocenters. The summed E-state index contributed by atoms with van der Waals surface area (Å²) >= 11 is 0. The number of H-pyrrole nitrogens is 1. The first-order chi connectivity index (χ1) is 8.91. The first kappa shape index (κ1) is 13.7. The zero-order valence-electron chi connectivity index (χ0n) is 11.5. The van der Waals surface area contributed by atoms with Gasteiger partial charge in [-0.2, -0.15) is 5.21 Å². The summed E-state index contributed by atoms with van der Waals surface area (Å²) < 4.78 is 5.31. The second-order valence-electron chi connectivity index (χ2n) is 5.69. The highest BCUT2D eigenvalue weighted by molar-refractivity contribution is 5.69. The van der Waals surface area contributed by atoms with E-state index in [0.29, 0.717) is 18.7 Å². The van der Waals surface area contributed by atoms with E-state index in [4.69, 9.17) is 4.74 Å². The molecule has 1 aromatic heterocycles. The number of hydrogen-bond acceptors (Lipinski definition) is 6. The molecule has 1 aromatic rings. The minimum absolute atomic E-state index is 0.459. The van der Waals surface area contributed by atoms with Crippen LogP contribution in [0.15, 0.2) is 0 Å². The highest BCUT2D eigenvalue weighted by Crippen LogP contribution is 2.27. The summed E-state index contributed by atoms with van der Waals surface area (Å²) in [6, 6.07) is 0. The van der Waals surface area contributed by atoms with Gasteiger partial charge in [0.15, 0.2) is 5.82 Å². The number of amides is 1. The minimum atomic E-state index is -0.611. The topological polar surface area (TPSA) is 105 Å². The third kappa shape index (κ3) is 3.40. The quantitative estimate of drug-likeness (QED) is 0.712. The van der Waals surface area contributed by atoms with Crippen molar-refractivity contribution in [2.45, 2.75) is 44.8 Å². The molecular formula is C11H20N6O2. The predicted molar refractivity (Wildman–Crippen MR) is 67.3 cm³/mol. The molecule has 2 rings (SSSR count). The van der Waals surface area contributed by atoms with Crippen molar-refractivity contribution in [1.29, 1.82) is 0 Å². The minimum Gasteiger partial charge on any atom is -0.444 e. The lowest BCUT2D eigenvalue weighted by atomic mass is 9.87. The molecule has 3 N–H and O–H groups in total. The molecule has 8 nitrogen and oxygen atoms in total. The van der Waals surface area contributed by atoms with Crippen LogP contribution in [-0.4, -0.2) is 45.4 Å². The van der Waals surface area contributed by atoms with Crippen molar-refractivity contribution in [2.75, 3.05) is 13.1 Å². The summed E-state index contributed by atoms with van der Waals surface area (Å²) in [5.41, 5.74) is -1.14. The van der Waals surface area contributed by atoms with Gasteiger partial charge in [0.1, 0.15) is 11.1 Å². The summed E-state index contributed by atoms with van der Waals surface area (Å²) in [5.74, 6) is 0.500. The van der Waals surface area contributed by atoms with Crippen LogP contribution in [0.3, 0.4) is 0 Å². The Bertz CT molecular complexity index is 419. The smallest absolute Gasteiger partial charge is 0.408 e. The summed E-state index contributed by atoms with van der Waals surface area (Å²) in [7, 11) is 0. The van der Waals surface area contributed by atoms with E-state index >= 15 is 0 Å². The fraction of sp³-hybridized carbons (Fsp3) is 0.818. The van der Waals surface area contributed by atoms with E-state index in [9.17, 15) is 4.79 Å². The Morgan fingerprint density at radius 2 is 2.05 bits per heavy atom. The predicted octanol–water partition coefficient (Wildman–Crippen LogP) is 0.303. The number of piperidine rings is 1. The number of ether oxygens (including phenoxy) is 1. The molecule has 1 amide bonds. The van der Waals surface area contributed by atoms with Gasteiger partial charge in [0.25, 0.3) is 0 Å². The molecule has 106 valence electrons. The zero-order valence-corrected chi connectivity index (χ0v) is 11.5. The van der Waals surface area contributed by atoms with Crippen LogP contribution >= 0.6 is 0 Å². The number of hydrogen-bond donors (Lipinski definition) is 3. The third-order valence-electron chi connectivity index (χ3n) is 2.97. The molecule has 0 bridgehead atoms. The number of aromatic amines is 1. The summed E-state index contributed by atoms with van der Waals surface area (Å²) in [6.45, 7) is 7.05. The lowest BCUT2D eigenvalue weighted by Crippen LogP contribution is -2.53. The van der Waals surface area contributed by atoms with Crippen LogP contribution in [0.4, 0.5) is 4.79 Å². The molecule has 1 aliphatic rings. The van der Waals surface area contributed by atoms with Crippen LogP contribution in [0.2, 0.25) is 0 Å². The van der Waals surface area contributed by atoms with Gasteiger partial charge in [0, 0.05) is 0 Å². The number of carbonyl (C=O) groups excluding carboxylic acids is 1. The summed E-state index contributed by atoms with van der Waals surface area (Å²) in [6.07, 6.45) is 0.941. The van der Waals surface area contributed by atoms with E-state index in [1.54, 1.807) is 0 Å². The zero-order chi connectivity index (χ0) is 13.9. The molecular weight excluding hydrogens is 248 g/mol. The maximum absolute atomic E-state index is 12.0. The van der Waals surface area contributed by atoms with Crippen molar-refractivity contribution in [3.63, 3.8) is 0 Å². The molecule has 1 aliphatic heterocycles. The highest BCUT2D eigenvalue weighted by atomic mass is 16.6. The van der Waals surface area contributed by atoms with Crippen molar-refractivity contribution in [2.24, 2.45) is 0 Å². The van der Waals surface area contributed by atoms with E-state index in [0.717, 1.165) is 13.1 Å². The molecule has 0 atom stereocenters. The van der Waals surface area contributed by atoms with Crippen LogP contribution in [-0.2, 0) is 10.3 Å². The van der Waals surface area contributed by atoms with Gasteiger partial charge in [-0.05, 0) is 46.7 Å². The summed E-state index contributed by atoms with van der Waals surface area (Å²) in [4.78, 5) is 12.0.